The van der Waals surface area contributed by atoms with E-state index in [0.717, 1.165) is 44.7 Å². The third-order valence-corrected chi connectivity index (χ3v) is 14.2. The first-order valence-corrected chi connectivity index (χ1v) is 24.1. The third-order valence-electron chi connectivity index (χ3n) is 13.3. The number of benzene rings is 1. The van der Waals surface area contributed by atoms with Gasteiger partial charge in [0, 0.05) is 105 Å². The Bertz CT molecular complexity index is 2470. The van der Waals surface area contributed by atoms with Crippen LogP contribution in [0.25, 0.3) is 33.4 Å². The number of thiazole rings is 1. The SMILES string of the molecule is CCn1c(-c2cccnc2[C@H](C)OC)c2c3cc(ccc31)-c1csc(n1)C[C@H](NC(=O)[C@H](C(C)C)N(C)C(=O)N1CCN(C(=O)[C@H]3CN3)CC1)C(=O)N1CCC[C@H](N1)C(=O)OCC(C)(C)C2. The Hall–Kier alpha value is -5.43. The minimum atomic E-state index is -1.08. The molecule has 0 unspecified atom stereocenters. The van der Waals surface area contributed by atoms with E-state index < -0.39 is 41.3 Å². The molecule has 3 N–H and O–H groups in total. The quantitative estimate of drug-likeness (QED) is 0.159. The predicted octanol–water partition coefficient (Wildman–Crippen LogP) is 4.39. The monoisotopic (exact) mass is 924 g/mol. The standard InChI is InChI=1S/C48H64N10O7S/c1-9-57-38-15-14-30-22-32(38)33(42(57)31-12-10-16-49-40(31)29(4)64-8)24-48(5,6)27-65-46(62)34-13-11-17-58(53-34)45(61)35(23-39-51-37(30)26-66-39)52-43(59)41(28(2)3)54(7)47(63)56-20-18-55(19-21-56)44(60)36-25-50-36/h10,12,14-16,22,26,28-29,34-36,41,50,53H,9,11,13,17-21,23-25,27H2,1-8H3,(H,52,59)/t29-,34-,35-,36+,41-/m0/s1. The normalized spacial score (nSPS) is 22.1. The first-order valence-electron chi connectivity index (χ1n) is 23.3. The molecule has 17 nitrogen and oxygen atoms in total. The Morgan fingerprint density at radius 1 is 1.08 bits per heavy atom. The Morgan fingerprint density at radius 3 is 2.52 bits per heavy atom. The number of hydrazine groups is 1. The number of rotatable bonds is 9. The lowest BCUT2D eigenvalue weighted by atomic mass is 9.84. The number of nitrogens with zero attached hydrogens (tertiary/aromatic N) is 7. The highest BCUT2D eigenvalue weighted by Gasteiger charge is 2.40. The molecule has 1 aromatic carbocycles. The van der Waals surface area contributed by atoms with Gasteiger partial charge in [-0.25, -0.2) is 15.2 Å². The summed E-state index contributed by atoms with van der Waals surface area (Å²) in [7, 11) is 3.29. The zero-order valence-corrected chi connectivity index (χ0v) is 40.2. The minimum Gasteiger partial charge on any atom is -0.464 e. The Balaban J connectivity index is 1.13. The average molecular weight is 925 g/mol. The van der Waals surface area contributed by atoms with E-state index in [-0.39, 0.29) is 43.0 Å². The van der Waals surface area contributed by atoms with E-state index in [9.17, 15) is 24.0 Å². The average Bonchev–Trinajstić information content (AvgIpc) is 3.99. The number of nitrogens with one attached hydrogen (secondary N) is 3. The van der Waals surface area contributed by atoms with Crippen LogP contribution in [0.5, 0.6) is 0 Å². The number of esters is 1. The molecule has 0 saturated carbocycles. The summed E-state index contributed by atoms with van der Waals surface area (Å²) in [5.41, 5.74) is 9.28. The molecule has 4 aliphatic rings. The summed E-state index contributed by atoms with van der Waals surface area (Å²) in [5, 5.41) is 11.2. The van der Waals surface area contributed by atoms with Crippen molar-refractivity contribution in [3.05, 3.63) is 58.2 Å². The summed E-state index contributed by atoms with van der Waals surface area (Å²) in [6.07, 6.45) is 3.20. The molecular formula is C48H64N10O7S. The lowest BCUT2D eigenvalue weighted by Crippen LogP contribution is -2.63. The van der Waals surface area contributed by atoms with Gasteiger partial charge in [0.1, 0.15) is 18.1 Å². The molecule has 3 fully saturated rings. The van der Waals surface area contributed by atoms with Gasteiger partial charge < -0.3 is 39.4 Å². The van der Waals surface area contributed by atoms with Crippen LogP contribution in [0.15, 0.2) is 41.9 Å². The van der Waals surface area contributed by atoms with Gasteiger partial charge >= 0.3 is 12.0 Å². The number of cyclic esters (lactones) is 1. The number of aryl methyl sites for hydroxylation is 1. The highest BCUT2D eigenvalue weighted by molar-refractivity contribution is 7.10. The van der Waals surface area contributed by atoms with Crippen LogP contribution < -0.4 is 16.1 Å². The second-order valence-corrected chi connectivity index (χ2v) is 20.1. The number of urea groups is 1. The molecule has 3 saturated heterocycles. The van der Waals surface area contributed by atoms with Crippen molar-refractivity contribution < 1.29 is 33.4 Å². The largest absolute Gasteiger partial charge is 0.464 e. The molecule has 354 valence electrons. The molecule has 7 heterocycles. The Morgan fingerprint density at radius 2 is 1.82 bits per heavy atom. The number of carbonyl (C=O) groups is 5. The number of amides is 5. The van der Waals surface area contributed by atoms with E-state index >= 15 is 0 Å². The summed E-state index contributed by atoms with van der Waals surface area (Å²) in [6, 6.07) is 7.18. The summed E-state index contributed by atoms with van der Waals surface area (Å²) >= 11 is 1.41. The van der Waals surface area contributed by atoms with Crippen LogP contribution in [0.2, 0.25) is 0 Å². The maximum Gasteiger partial charge on any atom is 0.324 e. The van der Waals surface area contributed by atoms with E-state index in [1.54, 1.807) is 30.2 Å². The fraction of sp³-hybridized carbons (Fsp3) is 0.562. The number of piperazine rings is 1. The first kappa shape index (κ1) is 47.1. The molecule has 66 heavy (non-hydrogen) atoms. The van der Waals surface area contributed by atoms with Gasteiger partial charge in [-0.3, -0.25) is 29.2 Å². The van der Waals surface area contributed by atoms with Crippen molar-refractivity contribution >= 4 is 52.0 Å². The van der Waals surface area contributed by atoms with Gasteiger partial charge in [0.15, 0.2) is 0 Å². The van der Waals surface area contributed by atoms with Crippen molar-refractivity contribution in [2.45, 2.75) is 104 Å². The van der Waals surface area contributed by atoms with Crippen molar-refractivity contribution in [3.8, 4) is 22.5 Å². The van der Waals surface area contributed by atoms with Gasteiger partial charge in [0.05, 0.1) is 40.8 Å². The number of ether oxygens (including phenoxy) is 2. The maximum absolute atomic E-state index is 14.6. The van der Waals surface area contributed by atoms with Gasteiger partial charge in [0.25, 0.3) is 5.91 Å². The van der Waals surface area contributed by atoms with Crippen LogP contribution in [0.1, 0.15) is 76.8 Å². The molecule has 5 atom stereocenters. The van der Waals surface area contributed by atoms with Gasteiger partial charge in [-0.05, 0) is 68.9 Å². The van der Waals surface area contributed by atoms with Crippen LogP contribution in [0.4, 0.5) is 4.79 Å². The van der Waals surface area contributed by atoms with Crippen LogP contribution in [-0.4, -0.2) is 148 Å². The predicted molar refractivity (Wildman–Crippen MR) is 251 cm³/mol. The molecule has 4 aromatic rings. The van der Waals surface area contributed by atoms with E-state index in [1.807, 2.05) is 32.2 Å². The topological polar surface area (TPSA) is 193 Å². The van der Waals surface area contributed by atoms with Gasteiger partial charge in [0.2, 0.25) is 11.8 Å². The highest BCUT2D eigenvalue weighted by Crippen LogP contribution is 2.42. The van der Waals surface area contributed by atoms with Gasteiger partial charge in [-0.2, -0.15) is 0 Å². The van der Waals surface area contributed by atoms with Crippen molar-refractivity contribution in [3.63, 3.8) is 0 Å². The fourth-order valence-corrected chi connectivity index (χ4v) is 10.5. The number of hydrogen-bond acceptors (Lipinski definition) is 12. The molecular weight excluding hydrogens is 861 g/mol. The number of fused-ring (bicyclic) bond motifs is 6. The molecule has 6 bridgehead atoms. The zero-order valence-electron chi connectivity index (χ0n) is 39.4. The zero-order chi connectivity index (χ0) is 47.0. The third kappa shape index (κ3) is 9.69. The van der Waals surface area contributed by atoms with Crippen LogP contribution in [0.3, 0.4) is 0 Å². The molecule has 5 amide bonds. The molecule has 0 spiro atoms. The van der Waals surface area contributed by atoms with Crippen LogP contribution in [-0.2, 0) is 48.0 Å². The summed E-state index contributed by atoms with van der Waals surface area (Å²) in [4.78, 5) is 84.4. The number of carbonyl (C=O) groups excluding carboxylic acids is 5. The molecule has 4 aliphatic heterocycles. The number of aromatic nitrogens is 3. The van der Waals surface area contributed by atoms with E-state index in [2.05, 4.69) is 65.7 Å². The Kier molecular flexibility index (Phi) is 13.9. The van der Waals surface area contributed by atoms with Crippen molar-refractivity contribution in [2.75, 3.05) is 60.0 Å². The van der Waals surface area contributed by atoms with Crippen molar-refractivity contribution in [1.82, 2.24) is 50.3 Å². The second-order valence-electron chi connectivity index (χ2n) is 19.1. The summed E-state index contributed by atoms with van der Waals surface area (Å²) in [6.45, 7) is 15.4. The second kappa shape index (κ2) is 19.4. The highest BCUT2D eigenvalue weighted by atomic mass is 32.1. The van der Waals surface area contributed by atoms with E-state index in [1.165, 1.54) is 21.2 Å². The molecule has 8 rings (SSSR count). The van der Waals surface area contributed by atoms with Gasteiger partial charge in [-0.15, -0.1) is 11.3 Å². The number of methoxy groups -OCH3 is 1. The smallest absolute Gasteiger partial charge is 0.324 e. The number of hydrogen-bond donors (Lipinski definition) is 3. The van der Waals surface area contributed by atoms with Crippen molar-refractivity contribution in [2.24, 2.45) is 11.3 Å². The van der Waals surface area contributed by atoms with Crippen molar-refractivity contribution in [1.29, 1.82) is 0 Å². The molecule has 3 aromatic heterocycles. The maximum atomic E-state index is 14.6. The molecule has 0 aliphatic carbocycles. The Labute approximate surface area is 390 Å². The number of likely N-dealkylation sites (N-methyl/N-ethyl adjacent to an activating group) is 1. The van der Waals surface area contributed by atoms with Crippen LogP contribution in [0, 0.1) is 11.3 Å². The lowest BCUT2D eigenvalue weighted by Gasteiger charge is -2.39. The minimum absolute atomic E-state index is 0.0477. The summed E-state index contributed by atoms with van der Waals surface area (Å²) < 4.78 is 14.2. The first-order chi connectivity index (χ1) is 31.6. The lowest BCUT2D eigenvalue weighted by molar-refractivity contribution is -0.155. The van der Waals surface area contributed by atoms with E-state index in [4.69, 9.17) is 19.4 Å². The number of pyridine rings is 1. The van der Waals surface area contributed by atoms with E-state index in [0.29, 0.717) is 70.1 Å². The van der Waals surface area contributed by atoms with Crippen LogP contribution >= 0.6 is 11.3 Å². The summed E-state index contributed by atoms with van der Waals surface area (Å²) in [5.74, 6) is -1.61. The molecule has 18 heteroatoms. The molecule has 0 radical (unpaired) electrons. The fourth-order valence-electron chi connectivity index (χ4n) is 9.66. The van der Waals surface area contributed by atoms with Gasteiger partial charge in [-0.1, -0.05) is 33.8 Å².